The Kier molecular flexibility index (Phi) is 3.14. The predicted octanol–water partition coefficient (Wildman–Crippen LogP) is 3.08. The summed E-state index contributed by atoms with van der Waals surface area (Å²) in [5.74, 6) is -0.0956. The van der Waals surface area contributed by atoms with E-state index in [2.05, 4.69) is 0 Å². The van der Waals surface area contributed by atoms with Gasteiger partial charge in [-0.05, 0) is 31.2 Å². The molecule has 2 aromatic carbocycles. The summed E-state index contributed by atoms with van der Waals surface area (Å²) in [5.41, 5.74) is 0.997. The first kappa shape index (κ1) is 13.6. The quantitative estimate of drug-likeness (QED) is 0.698. The summed E-state index contributed by atoms with van der Waals surface area (Å²) in [6, 6.07) is 15.0. The van der Waals surface area contributed by atoms with E-state index in [1.165, 1.54) is 17.1 Å². The van der Waals surface area contributed by atoms with Crippen molar-refractivity contribution in [2.24, 2.45) is 0 Å². The van der Waals surface area contributed by atoms with Gasteiger partial charge in [0.2, 0.25) is 0 Å². The summed E-state index contributed by atoms with van der Waals surface area (Å²) >= 11 is 0. The van der Waals surface area contributed by atoms with Gasteiger partial charge in [-0.3, -0.25) is 4.79 Å². The molecule has 0 saturated heterocycles. The molecule has 0 aliphatic carbocycles. The van der Waals surface area contributed by atoms with Crippen LogP contribution < -0.4 is 0 Å². The molecule has 4 nitrogen and oxygen atoms in total. The lowest BCUT2D eigenvalue weighted by Gasteiger charge is -2.08. The van der Waals surface area contributed by atoms with E-state index in [9.17, 15) is 13.2 Å². The van der Waals surface area contributed by atoms with E-state index in [-0.39, 0.29) is 10.7 Å². The van der Waals surface area contributed by atoms with Crippen molar-refractivity contribution in [2.45, 2.75) is 11.8 Å². The molecule has 0 aliphatic rings. The van der Waals surface area contributed by atoms with Gasteiger partial charge in [0.15, 0.2) is 5.78 Å². The van der Waals surface area contributed by atoms with Gasteiger partial charge in [-0.2, -0.15) is 0 Å². The Morgan fingerprint density at radius 1 is 1.00 bits per heavy atom. The number of fused-ring (bicyclic) bond motifs is 1. The number of carbonyl (C=O) groups excluding carboxylic acids is 1. The van der Waals surface area contributed by atoms with Crippen LogP contribution in [0.1, 0.15) is 17.3 Å². The maximum absolute atomic E-state index is 12.7. The molecule has 0 atom stereocenters. The first-order chi connectivity index (χ1) is 10.00. The second kappa shape index (κ2) is 4.86. The number of ketones is 1. The third kappa shape index (κ3) is 2.25. The SMILES string of the molecule is CC(=O)c1ccc2ccn(S(=O)(=O)c3ccccc3)c2c1. The Morgan fingerprint density at radius 2 is 1.71 bits per heavy atom. The molecule has 21 heavy (non-hydrogen) atoms. The molecule has 0 fully saturated rings. The molecule has 1 aromatic heterocycles. The molecule has 1 heterocycles. The summed E-state index contributed by atoms with van der Waals surface area (Å²) in [5, 5.41) is 0.777. The van der Waals surface area contributed by atoms with Gasteiger partial charge < -0.3 is 0 Å². The van der Waals surface area contributed by atoms with E-state index in [1.807, 2.05) is 0 Å². The lowest BCUT2D eigenvalue weighted by Crippen LogP contribution is -2.11. The maximum atomic E-state index is 12.7. The topological polar surface area (TPSA) is 56.1 Å². The molecule has 0 amide bonds. The fourth-order valence-electron chi connectivity index (χ4n) is 2.24. The minimum absolute atomic E-state index is 0.0956. The Hall–Kier alpha value is -2.40. The van der Waals surface area contributed by atoms with Gasteiger partial charge >= 0.3 is 0 Å². The van der Waals surface area contributed by atoms with Crippen LogP contribution in [0.2, 0.25) is 0 Å². The van der Waals surface area contributed by atoms with Gasteiger partial charge in [0.25, 0.3) is 10.0 Å². The minimum atomic E-state index is -3.66. The Labute approximate surface area is 122 Å². The van der Waals surface area contributed by atoms with E-state index in [4.69, 9.17) is 0 Å². The molecule has 0 saturated carbocycles. The summed E-state index contributed by atoms with van der Waals surface area (Å²) in [6.07, 6.45) is 1.51. The zero-order chi connectivity index (χ0) is 15.0. The van der Waals surface area contributed by atoms with Crippen molar-refractivity contribution in [1.29, 1.82) is 0 Å². The summed E-state index contributed by atoms with van der Waals surface area (Å²) < 4.78 is 26.5. The second-order valence-electron chi connectivity index (χ2n) is 4.76. The van der Waals surface area contributed by atoms with Crippen molar-refractivity contribution in [1.82, 2.24) is 3.97 Å². The number of hydrogen-bond acceptors (Lipinski definition) is 3. The molecule has 0 spiro atoms. The summed E-state index contributed by atoms with van der Waals surface area (Å²) in [4.78, 5) is 11.7. The molecule has 0 radical (unpaired) electrons. The standard InChI is InChI=1S/C16H13NO3S/c1-12(18)14-8-7-13-9-10-17(16(13)11-14)21(19,20)15-5-3-2-4-6-15/h2-11H,1H3. The maximum Gasteiger partial charge on any atom is 0.268 e. The highest BCUT2D eigenvalue weighted by Crippen LogP contribution is 2.23. The van der Waals surface area contributed by atoms with Gasteiger partial charge in [-0.1, -0.05) is 30.3 Å². The van der Waals surface area contributed by atoms with E-state index in [0.29, 0.717) is 11.1 Å². The van der Waals surface area contributed by atoms with Crippen molar-refractivity contribution in [3.05, 3.63) is 66.4 Å². The number of Topliss-reactive ketones (excluding diaryl/α,β-unsaturated/α-hetero) is 1. The third-order valence-corrected chi connectivity index (χ3v) is 5.07. The highest BCUT2D eigenvalue weighted by Gasteiger charge is 2.18. The van der Waals surface area contributed by atoms with Gasteiger partial charge in [-0.15, -0.1) is 0 Å². The molecule has 0 unspecified atom stereocenters. The number of rotatable bonds is 3. The molecule has 3 rings (SSSR count). The molecule has 106 valence electrons. The van der Waals surface area contributed by atoms with Crippen LogP contribution in [0.3, 0.4) is 0 Å². The third-order valence-electron chi connectivity index (χ3n) is 3.36. The van der Waals surface area contributed by atoms with E-state index in [1.54, 1.807) is 54.6 Å². The van der Waals surface area contributed by atoms with Gasteiger partial charge in [-0.25, -0.2) is 12.4 Å². The van der Waals surface area contributed by atoms with Crippen LogP contribution in [0, 0.1) is 0 Å². The van der Waals surface area contributed by atoms with Crippen LogP contribution in [0.15, 0.2) is 65.7 Å². The Morgan fingerprint density at radius 3 is 2.38 bits per heavy atom. The smallest absolute Gasteiger partial charge is 0.268 e. The molecular weight excluding hydrogens is 286 g/mol. The average Bonchev–Trinajstić information content (AvgIpc) is 2.91. The molecule has 0 aliphatic heterocycles. The number of nitrogens with zero attached hydrogens (tertiary/aromatic N) is 1. The van der Waals surface area contributed by atoms with Crippen LogP contribution in [-0.2, 0) is 10.0 Å². The van der Waals surface area contributed by atoms with Crippen LogP contribution in [0.4, 0.5) is 0 Å². The van der Waals surface area contributed by atoms with E-state index >= 15 is 0 Å². The van der Waals surface area contributed by atoms with Crippen LogP contribution >= 0.6 is 0 Å². The molecule has 0 N–H and O–H groups in total. The van der Waals surface area contributed by atoms with E-state index < -0.39 is 10.0 Å². The largest absolute Gasteiger partial charge is 0.295 e. The number of benzene rings is 2. The number of hydrogen-bond donors (Lipinski definition) is 0. The van der Waals surface area contributed by atoms with Crippen molar-refractivity contribution < 1.29 is 13.2 Å². The molecule has 3 aromatic rings. The Bertz CT molecular complexity index is 925. The lowest BCUT2D eigenvalue weighted by atomic mass is 10.1. The fraction of sp³-hybridized carbons (Fsp3) is 0.0625. The molecule has 5 heteroatoms. The predicted molar refractivity (Wildman–Crippen MR) is 81.0 cm³/mol. The monoisotopic (exact) mass is 299 g/mol. The lowest BCUT2D eigenvalue weighted by molar-refractivity contribution is 0.101. The average molecular weight is 299 g/mol. The van der Waals surface area contributed by atoms with Crippen LogP contribution in [0.5, 0.6) is 0 Å². The van der Waals surface area contributed by atoms with Crippen molar-refractivity contribution in [3.8, 4) is 0 Å². The fourth-order valence-corrected chi connectivity index (χ4v) is 3.60. The Balaban J connectivity index is 2.26. The highest BCUT2D eigenvalue weighted by molar-refractivity contribution is 7.90. The van der Waals surface area contributed by atoms with E-state index in [0.717, 1.165) is 5.39 Å². The van der Waals surface area contributed by atoms with Gasteiger partial charge in [0, 0.05) is 17.1 Å². The number of aromatic nitrogens is 1. The highest BCUT2D eigenvalue weighted by atomic mass is 32.2. The zero-order valence-corrected chi connectivity index (χ0v) is 12.2. The van der Waals surface area contributed by atoms with Gasteiger partial charge in [0.1, 0.15) is 0 Å². The number of carbonyl (C=O) groups is 1. The van der Waals surface area contributed by atoms with Crippen LogP contribution in [-0.4, -0.2) is 18.2 Å². The second-order valence-corrected chi connectivity index (χ2v) is 6.57. The normalized spacial score (nSPS) is 11.7. The first-order valence-corrected chi connectivity index (χ1v) is 7.87. The first-order valence-electron chi connectivity index (χ1n) is 6.43. The van der Waals surface area contributed by atoms with Crippen LogP contribution in [0.25, 0.3) is 10.9 Å². The summed E-state index contributed by atoms with van der Waals surface area (Å²) in [6.45, 7) is 1.46. The molecular formula is C16H13NO3S. The zero-order valence-electron chi connectivity index (χ0n) is 11.4. The molecule has 0 bridgehead atoms. The van der Waals surface area contributed by atoms with Crippen molar-refractivity contribution in [2.75, 3.05) is 0 Å². The van der Waals surface area contributed by atoms with Crippen molar-refractivity contribution >= 4 is 26.7 Å². The summed E-state index contributed by atoms with van der Waals surface area (Å²) in [7, 11) is -3.66. The van der Waals surface area contributed by atoms with Crippen molar-refractivity contribution in [3.63, 3.8) is 0 Å². The van der Waals surface area contributed by atoms with Gasteiger partial charge in [0.05, 0.1) is 10.4 Å². The minimum Gasteiger partial charge on any atom is -0.295 e.